The number of nitrogens with one attached hydrogen (secondary N) is 2. The summed E-state index contributed by atoms with van der Waals surface area (Å²) in [7, 11) is 0. The van der Waals surface area contributed by atoms with Crippen molar-refractivity contribution >= 4 is 27.7 Å². The van der Waals surface area contributed by atoms with E-state index >= 15 is 0 Å². The van der Waals surface area contributed by atoms with Gasteiger partial charge < -0.3 is 9.88 Å². The fourth-order valence-corrected chi connectivity index (χ4v) is 4.04. The maximum Gasteiger partial charge on any atom is 0.272 e. The third kappa shape index (κ3) is 3.95. The number of aromatic nitrogens is 4. The molecule has 4 rings (SSSR count). The Morgan fingerprint density at radius 3 is 2.42 bits per heavy atom. The van der Waals surface area contributed by atoms with Crippen molar-refractivity contribution in [2.45, 2.75) is 46.2 Å². The Morgan fingerprint density at radius 1 is 1.03 bits per heavy atom. The minimum Gasteiger partial charge on any atom is -0.346 e. The van der Waals surface area contributed by atoms with Crippen LogP contribution in [0.1, 0.15) is 51.3 Å². The zero-order chi connectivity index (χ0) is 22.1. The van der Waals surface area contributed by atoms with Crippen LogP contribution in [0.3, 0.4) is 0 Å². The lowest BCUT2D eigenvalue weighted by Crippen LogP contribution is -2.35. The number of amides is 1. The second kappa shape index (κ2) is 8.34. The van der Waals surface area contributed by atoms with Crippen LogP contribution in [0.25, 0.3) is 21.8 Å². The van der Waals surface area contributed by atoms with Crippen molar-refractivity contribution in [3.05, 3.63) is 70.4 Å². The molecule has 0 fully saturated rings. The number of para-hydroxylation sites is 2. The molecule has 0 spiro atoms. The monoisotopic (exact) mass is 417 g/mol. The lowest BCUT2D eigenvalue weighted by molar-refractivity contribution is -0.121. The van der Waals surface area contributed by atoms with E-state index in [9.17, 15) is 9.59 Å². The van der Waals surface area contributed by atoms with Gasteiger partial charge in [-0.15, -0.1) is 0 Å². The summed E-state index contributed by atoms with van der Waals surface area (Å²) in [6.07, 6.45) is 0.0718. The van der Waals surface area contributed by atoms with Gasteiger partial charge in [0.15, 0.2) is 0 Å². The fourth-order valence-electron chi connectivity index (χ4n) is 4.04. The average molecular weight is 418 g/mol. The molecule has 160 valence electrons. The van der Waals surface area contributed by atoms with Crippen LogP contribution < -0.4 is 10.9 Å². The van der Waals surface area contributed by atoms with E-state index in [0.29, 0.717) is 16.5 Å². The molecule has 2 aromatic carbocycles. The van der Waals surface area contributed by atoms with Gasteiger partial charge in [-0.1, -0.05) is 44.2 Å². The number of H-pyrrole nitrogens is 1. The van der Waals surface area contributed by atoms with E-state index in [4.69, 9.17) is 4.98 Å². The Hall–Kier alpha value is -3.48. The Kier molecular flexibility index (Phi) is 5.59. The zero-order valence-corrected chi connectivity index (χ0v) is 18.2. The van der Waals surface area contributed by atoms with Crippen molar-refractivity contribution in [1.29, 1.82) is 0 Å². The number of carbonyl (C=O) groups is 1. The van der Waals surface area contributed by atoms with Crippen LogP contribution in [0, 0.1) is 5.92 Å². The van der Waals surface area contributed by atoms with E-state index in [1.807, 2.05) is 30.3 Å². The Balaban J connectivity index is 1.67. The van der Waals surface area contributed by atoms with Crippen LogP contribution in [0.4, 0.5) is 0 Å². The molecule has 1 amide bonds. The van der Waals surface area contributed by atoms with Crippen LogP contribution in [-0.2, 0) is 11.2 Å². The van der Waals surface area contributed by atoms with Gasteiger partial charge in [-0.2, -0.15) is 5.10 Å². The van der Waals surface area contributed by atoms with Crippen molar-refractivity contribution < 1.29 is 4.79 Å². The molecular formula is C24H27N5O2. The summed E-state index contributed by atoms with van der Waals surface area (Å²) in [6.45, 7) is 8.38. The van der Waals surface area contributed by atoms with Crippen molar-refractivity contribution in [2.75, 3.05) is 0 Å². The average Bonchev–Trinajstić information content (AvgIpc) is 3.13. The molecule has 0 aliphatic rings. The minimum absolute atomic E-state index is 0.0718. The van der Waals surface area contributed by atoms with E-state index in [1.165, 1.54) is 0 Å². The molecule has 4 aromatic rings. The van der Waals surface area contributed by atoms with Crippen molar-refractivity contribution in [3.8, 4) is 0 Å². The number of rotatable bonds is 6. The van der Waals surface area contributed by atoms with E-state index in [0.717, 1.165) is 16.9 Å². The predicted molar refractivity (Wildman–Crippen MR) is 122 cm³/mol. The Morgan fingerprint density at radius 2 is 1.71 bits per heavy atom. The molecule has 7 nitrogen and oxygen atoms in total. The third-order valence-electron chi connectivity index (χ3n) is 5.50. The minimum atomic E-state index is -0.259. The summed E-state index contributed by atoms with van der Waals surface area (Å²) < 4.78 is 2.19. The van der Waals surface area contributed by atoms with Gasteiger partial charge >= 0.3 is 0 Å². The molecule has 0 bridgehead atoms. The lowest BCUT2D eigenvalue weighted by atomic mass is 10.0. The number of aromatic amines is 1. The molecule has 0 aliphatic heterocycles. The van der Waals surface area contributed by atoms with E-state index in [-0.39, 0.29) is 35.9 Å². The van der Waals surface area contributed by atoms with Crippen LogP contribution >= 0.6 is 0 Å². The van der Waals surface area contributed by atoms with Gasteiger partial charge in [0.25, 0.3) is 5.56 Å². The molecule has 0 saturated heterocycles. The quantitative estimate of drug-likeness (QED) is 0.497. The summed E-state index contributed by atoms with van der Waals surface area (Å²) in [4.78, 5) is 29.9. The molecule has 31 heavy (non-hydrogen) atoms. The second-order valence-electron chi connectivity index (χ2n) is 8.43. The molecule has 0 unspecified atom stereocenters. The Bertz CT molecular complexity index is 1300. The van der Waals surface area contributed by atoms with E-state index in [1.54, 1.807) is 12.1 Å². The van der Waals surface area contributed by atoms with Crippen molar-refractivity contribution in [2.24, 2.45) is 5.92 Å². The summed E-state index contributed by atoms with van der Waals surface area (Å²) >= 11 is 0. The predicted octanol–water partition coefficient (Wildman–Crippen LogP) is 3.91. The number of hydrogen-bond acceptors (Lipinski definition) is 4. The van der Waals surface area contributed by atoms with Crippen LogP contribution in [0.2, 0.25) is 0 Å². The summed E-state index contributed by atoms with van der Waals surface area (Å²) in [5, 5.41) is 11.0. The number of fused-ring (bicyclic) bond motifs is 2. The maximum absolute atomic E-state index is 13.0. The number of imidazole rings is 1. The number of carbonyl (C=O) groups excluding carboxylic acids is 1. The summed E-state index contributed by atoms with van der Waals surface area (Å²) in [5.41, 5.74) is 2.26. The van der Waals surface area contributed by atoms with E-state index < -0.39 is 0 Å². The third-order valence-corrected chi connectivity index (χ3v) is 5.50. The molecule has 2 aromatic heterocycles. The molecule has 1 atom stereocenters. The van der Waals surface area contributed by atoms with E-state index in [2.05, 4.69) is 53.8 Å². The molecule has 2 heterocycles. The highest BCUT2D eigenvalue weighted by atomic mass is 16.1. The summed E-state index contributed by atoms with van der Waals surface area (Å²) in [5.74, 6) is 0.822. The normalized spacial score (nSPS) is 12.7. The molecule has 0 radical (unpaired) electrons. The summed E-state index contributed by atoms with van der Waals surface area (Å²) in [6, 6.07) is 15.2. The first-order chi connectivity index (χ1) is 14.9. The molecule has 0 aliphatic carbocycles. The van der Waals surface area contributed by atoms with Crippen LogP contribution in [-0.4, -0.2) is 25.7 Å². The standard InChI is InChI=1S/C24H27N5O2/c1-14(2)22(23-25-18-11-7-8-12-20(18)29(23)15(3)4)26-21(30)13-19-16-9-5-6-10-17(16)24(31)28-27-19/h5-12,14-15,22H,13H2,1-4H3,(H,26,30)(H,28,31)/t22-/m1/s1. The first-order valence-corrected chi connectivity index (χ1v) is 10.6. The molecule has 7 heteroatoms. The maximum atomic E-state index is 13.0. The molecule has 0 saturated carbocycles. The number of benzene rings is 2. The zero-order valence-electron chi connectivity index (χ0n) is 18.2. The number of hydrogen-bond donors (Lipinski definition) is 2. The van der Waals surface area contributed by atoms with Gasteiger partial charge in [-0.05, 0) is 38.0 Å². The molecular weight excluding hydrogens is 390 g/mol. The van der Waals surface area contributed by atoms with Gasteiger partial charge in [0.2, 0.25) is 5.91 Å². The highest BCUT2D eigenvalue weighted by molar-refractivity contribution is 5.88. The van der Waals surface area contributed by atoms with Gasteiger partial charge in [0.05, 0.1) is 34.6 Å². The first-order valence-electron chi connectivity index (χ1n) is 10.6. The lowest BCUT2D eigenvalue weighted by Gasteiger charge is -2.25. The smallest absolute Gasteiger partial charge is 0.272 e. The highest BCUT2D eigenvalue weighted by Crippen LogP contribution is 2.29. The Labute approximate surface area is 180 Å². The SMILES string of the molecule is CC(C)[C@@H](NC(=O)Cc1n[nH]c(=O)c2ccccc12)c1nc2ccccc2n1C(C)C. The second-order valence-corrected chi connectivity index (χ2v) is 8.43. The largest absolute Gasteiger partial charge is 0.346 e. The van der Waals surface area contributed by atoms with Crippen LogP contribution in [0.5, 0.6) is 0 Å². The van der Waals surface area contributed by atoms with Crippen molar-refractivity contribution in [1.82, 2.24) is 25.1 Å². The van der Waals surface area contributed by atoms with Gasteiger partial charge in [-0.3, -0.25) is 9.59 Å². The fraction of sp³-hybridized carbons (Fsp3) is 0.333. The first kappa shape index (κ1) is 20.8. The highest BCUT2D eigenvalue weighted by Gasteiger charge is 2.26. The van der Waals surface area contributed by atoms with Crippen molar-refractivity contribution in [3.63, 3.8) is 0 Å². The number of nitrogens with zero attached hydrogens (tertiary/aromatic N) is 3. The van der Waals surface area contributed by atoms with Gasteiger partial charge in [0.1, 0.15) is 5.82 Å². The molecule has 2 N–H and O–H groups in total. The topological polar surface area (TPSA) is 92.7 Å². The van der Waals surface area contributed by atoms with Gasteiger partial charge in [-0.25, -0.2) is 10.1 Å². The van der Waals surface area contributed by atoms with Crippen LogP contribution in [0.15, 0.2) is 53.3 Å². The van der Waals surface area contributed by atoms with Gasteiger partial charge in [0, 0.05) is 11.4 Å².